The van der Waals surface area contributed by atoms with Gasteiger partial charge in [-0.1, -0.05) is 48.5 Å². The summed E-state index contributed by atoms with van der Waals surface area (Å²) in [6, 6.07) is 24.6. The molecule has 1 saturated heterocycles. The number of carboxylic acid groups (broad SMARTS) is 2. The van der Waals surface area contributed by atoms with E-state index in [2.05, 4.69) is 59.6 Å². The quantitative estimate of drug-likeness (QED) is 0.282. The lowest BCUT2D eigenvalue weighted by Gasteiger charge is -2.23. The zero-order chi connectivity index (χ0) is 25.2. The first-order valence-electron chi connectivity index (χ1n) is 12.1. The van der Waals surface area contributed by atoms with Crippen LogP contribution in [0.1, 0.15) is 40.2 Å². The second kappa shape index (κ2) is 10.1. The number of nitrogens with one attached hydrogen (secondary N) is 1. The fourth-order valence-corrected chi connectivity index (χ4v) is 6.03. The molecule has 2 heterocycles. The van der Waals surface area contributed by atoms with E-state index < -0.39 is 11.9 Å². The maximum atomic E-state index is 11.6. The third kappa shape index (κ3) is 4.98. The van der Waals surface area contributed by atoms with Crippen molar-refractivity contribution in [3.63, 3.8) is 0 Å². The van der Waals surface area contributed by atoms with Crippen molar-refractivity contribution in [1.29, 1.82) is 0 Å². The predicted molar refractivity (Wildman–Crippen MR) is 144 cm³/mol. The van der Waals surface area contributed by atoms with Crippen LogP contribution in [0.25, 0.3) is 21.2 Å². The molecule has 0 radical (unpaired) electrons. The van der Waals surface area contributed by atoms with Crippen molar-refractivity contribution < 1.29 is 19.8 Å². The Hall–Kier alpha value is -3.68. The highest BCUT2D eigenvalue weighted by Crippen LogP contribution is 2.34. The smallest absolute Gasteiger partial charge is 0.345 e. The second-order valence-corrected chi connectivity index (χ2v) is 10.4. The number of nitrogens with zero attached hydrogens (tertiary/aromatic N) is 1. The number of fused-ring (bicyclic) bond motifs is 1. The summed E-state index contributed by atoms with van der Waals surface area (Å²) in [5.41, 5.74) is 3.75. The van der Waals surface area contributed by atoms with Gasteiger partial charge in [0.05, 0.1) is 6.42 Å². The van der Waals surface area contributed by atoms with Crippen molar-refractivity contribution in [1.82, 2.24) is 5.32 Å². The van der Waals surface area contributed by atoms with E-state index in [-0.39, 0.29) is 17.3 Å². The maximum Gasteiger partial charge on any atom is 0.345 e. The molecule has 1 aliphatic heterocycles. The van der Waals surface area contributed by atoms with Gasteiger partial charge < -0.3 is 20.4 Å². The molecule has 5 rings (SSSR count). The SMILES string of the molecule is C[C@@H](N[C@H]1CCN(c2ccc(-c3ccc(C(=O)O)s3)c(CC(=O)O)c2)C1)c1cccc2ccccc12. The first-order chi connectivity index (χ1) is 17.4. The molecule has 184 valence electrons. The minimum Gasteiger partial charge on any atom is -0.481 e. The predicted octanol–water partition coefficient (Wildman–Crippen LogP) is 5.82. The van der Waals surface area contributed by atoms with E-state index in [1.165, 1.54) is 16.3 Å². The molecular weight excluding hydrogens is 472 g/mol. The fraction of sp³-hybridized carbons (Fsp3) is 0.241. The van der Waals surface area contributed by atoms with Gasteiger partial charge >= 0.3 is 11.9 Å². The minimum atomic E-state index is -0.976. The standard InChI is InChI=1S/C29H28N2O4S/c1-18(23-8-4-6-19-5-2-3-7-24(19)23)30-21-13-14-31(17-21)22-9-10-25(20(15-22)16-28(32)33)26-11-12-27(36-26)29(34)35/h2-12,15,18,21,30H,13-14,16-17H2,1H3,(H,32,33)(H,34,35)/t18-,21+/m1/s1. The summed E-state index contributed by atoms with van der Waals surface area (Å²) < 4.78 is 0. The molecule has 2 atom stereocenters. The Balaban J connectivity index is 1.33. The second-order valence-electron chi connectivity index (χ2n) is 9.27. The monoisotopic (exact) mass is 500 g/mol. The van der Waals surface area contributed by atoms with Gasteiger partial charge in [-0.15, -0.1) is 11.3 Å². The Labute approximate surface area is 213 Å². The van der Waals surface area contributed by atoms with Crippen LogP contribution in [0, 0.1) is 0 Å². The van der Waals surface area contributed by atoms with Gasteiger partial charge in [0.1, 0.15) is 4.88 Å². The van der Waals surface area contributed by atoms with Crippen molar-refractivity contribution in [2.75, 3.05) is 18.0 Å². The van der Waals surface area contributed by atoms with Gasteiger partial charge in [0.15, 0.2) is 0 Å². The number of thiophene rings is 1. The molecule has 4 aromatic rings. The van der Waals surface area contributed by atoms with Crippen molar-refractivity contribution in [3.05, 3.63) is 88.8 Å². The number of carboxylic acids is 2. The van der Waals surface area contributed by atoms with E-state index in [0.717, 1.165) is 47.0 Å². The van der Waals surface area contributed by atoms with Gasteiger partial charge in [0, 0.05) is 35.7 Å². The molecular formula is C29H28N2O4S. The summed E-state index contributed by atoms with van der Waals surface area (Å²) in [6.07, 6.45) is 0.884. The maximum absolute atomic E-state index is 11.6. The molecule has 0 saturated carbocycles. The number of aliphatic carboxylic acids is 1. The third-order valence-electron chi connectivity index (χ3n) is 6.84. The topological polar surface area (TPSA) is 89.9 Å². The summed E-state index contributed by atoms with van der Waals surface area (Å²) in [5.74, 6) is -1.88. The van der Waals surface area contributed by atoms with Crippen LogP contribution in [-0.2, 0) is 11.2 Å². The van der Waals surface area contributed by atoms with E-state index in [9.17, 15) is 19.8 Å². The van der Waals surface area contributed by atoms with Gasteiger partial charge in [0.2, 0.25) is 0 Å². The van der Waals surface area contributed by atoms with E-state index >= 15 is 0 Å². The van der Waals surface area contributed by atoms with Gasteiger partial charge in [-0.3, -0.25) is 4.79 Å². The molecule has 0 spiro atoms. The number of hydrogen-bond donors (Lipinski definition) is 3. The van der Waals surface area contributed by atoms with Crippen LogP contribution in [0.3, 0.4) is 0 Å². The van der Waals surface area contributed by atoms with Gasteiger partial charge in [-0.25, -0.2) is 4.79 Å². The van der Waals surface area contributed by atoms with Crippen LogP contribution in [0.15, 0.2) is 72.8 Å². The van der Waals surface area contributed by atoms with Crippen molar-refractivity contribution >= 4 is 39.7 Å². The Morgan fingerprint density at radius 2 is 1.86 bits per heavy atom. The van der Waals surface area contributed by atoms with E-state index in [0.29, 0.717) is 11.6 Å². The molecule has 3 aromatic carbocycles. The van der Waals surface area contributed by atoms with Crippen LogP contribution in [0.4, 0.5) is 5.69 Å². The largest absolute Gasteiger partial charge is 0.481 e. The number of benzene rings is 3. The molecule has 6 nitrogen and oxygen atoms in total. The molecule has 7 heteroatoms. The van der Waals surface area contributed by atoms with Crippen molar-refractivity contribution in [2.45, 2.75) is 31.8 Å². The number of hydrogen-bond acceptors (Lipinski definition) is 5. The Morgan fingerprint density at radius 1 is 1.06 bits per heavy atom. The summed E-state index contributed by atoms with van der Waals surface area (Å²) in [5, 5.41) is 25.1. The number of carbonyl (C=O) groups is 2. The van der Waals surface area contributed by atoms with Gasteiger partial charge in [-0.2, -0.15) is 0 Å². The number of anilines is 1. The average molecular weight is 501 g/mol. The average Bonchev–Trinajstić information content (AvgIpc) is 3.53. The van der Waals surface area contributed by atoms with Crippen molar-refractivity contribution in [3.8, 4) is 10.4 Å². The lowest BCUT2D eigenvalue weighted by molar-refractivity contribution is -0.136. The van der Waals surface area contributed by atoms with Crippen LogP contribution in [-0.4, -0.2) is 41.3 Å². The minimum absolute atomic E-state index is 0.114. The third-order valence-corrected chi connectivity index (χ3v) is 7.95. The fourth-order valence-electron chi connectivity index (χ4n) is 5.13. The zero-order valence-corrected chi connectivity index (χ0v) is 20.8. The van der Waals surface area contributed by atoms with E-state index in [1.807, 2.05) is 18.2 Å². The number of rotatable bonds is 8. The van der Waals surface area contributed by atoms with Gasteiger partial charge in [0.25, 0.3) is 0 Å². The van der Waals surface area contributed by atoms with Crippen LogP contribution in [0.5, 0.6) is 0 Å². The van der Waals surface area contributed by atoms with E-state index in [4.69, 9.17) is 0 Å². The highest BCUT2D eigenvalue weighted by molar-refractivity contribution is 7.17. The lowest BCUT2D eigenvalue weighted by atomic mass is 9.99. The van der Waals surface area contributed by atoms with Crippen LogP contribution >= 0.6 is 11.3 Å². The highest BCUT2D eigenvalue weighted by Gasteiger charge is 2.25. The molecule has 0 bridgehead atoms. The number of aromatic carboxylic acids is 1. The molecule has 36 heavy (non-hydrogen) atoms. The highest BCUT2D eigenvalue weighted by atomic mass is 32.1. The molecule has 0 amide bonds. The summed E-state index contributed by atoms with van der Waals surface area (Å²) in [4.78, 5) is 26.2. The Bertz CT molecular complexity index is 1420. The molecule has 3 N–H and O–H groups in total. The lowest BCUT2D eigenvalue weighted by Crippen LogP contribution is -2.34. The molecule has 1 aliphatic rings. The van der Waals surface area contributed by atoms with Crippen LogP contribution in [0.2, 0.25) is 0 Å². The molecule has 1 fully saturated rings. The Morgan fingerprint density at radius 3 is 2.64 bits per heavy atom. The summed E-state index contributed by atoms with van der Waals surface area (Å²) in [6.45, 7) is 3.92. The van der Waals surface area contributed by atoms with E-state index in [1.54, 1.807) is 12.1 Å². The van der Waals surface area contributed by atoms with Crippen LogP contribution < -0.4 is 10.2 Å². The summed E-state index contributed by atoms with van der Waals surface area (Å²) in [7, 11) is 0. The Kier molecular flexibility index (Phi) is 6.76. The zero-order valence-electron chi connectivity index (χ0n) is 20.0. The molecule has 0 aliphatic carbocycles. The molecule has 1 aromatic heterocycles. The van der Waals surface area contributed by atoms with Crippen molar-refractivity contribution in [2.24, 2.45) is 0 Å². The first-order valence-corrected chi connectivity index (χ1v) is 12.9. The van der Waals surface area contributed by atoms with Gasteiger partial charge in [-0.05, 0) is 65.1 Å². The normalized spacial score (nSPS) is 16.4. The molecule has 0 unspecified atom stereocenters. The summed E-state index contributed by atoms with van der Waals surface area (Å²) >= 11 is 1.16. The first kappa shape index (κ1) is 24.0.